The molecule has 96 valence electrons. The minimum absolute atomic E-state index is 0.188. The van der Waals surface area contributed by atoms with E-state index >= 15 is 0 Å². The average molecular weight is 255 g/mol. The molecule has 0 aliphatic heterocycles. The summed E-state index contributed by atoms with van der Waals surface area (Å²) in [6, 6.07) is 4.03. The molecule has 0 unspecified atom stereocenters. The highest BCUT2D eigenvalue weighted by Gasteiger charge is 2.22. The second-order valence-corrected chi connectivity index (χ2v) is 5.60. The van der Waals surface area contributed by atoms with Crippen LogP contribution in [0.4, 0.5) is 0 Å². The van der Waals surface area contributed by atoms with Gasteiger partial charge in [0.05, 0.1) is 7.11 Å². The summed E-state index contributed by atoms with van der Waals surface area (Å²) in [7, 11) is 1.43. The molecule has 0 saturated heterocycles. The molecule has 0 saturated carbocycles. The number of thiophene rings is 1. The average Bonchev–Trinajstić information content (AvgIpc) is 2.76. The Kier molecular flexibility index (Phi) is 5.65. The monoisotopic (exact) mass is 255 g/mol. The SMILES string of the molecule is CCc1ccc(CN[C@@H](C(=O)OC)C(C)C)s1. The first kappa shape index (κ1) is 14.2. The maximum atomic E-state index is 11.6. The van der Waals surface area contributed by atoms with Gasteiger partial charge >= 0.3 is 5.97 Å². The quantitative estimate of drug-likeness (QED) is 0.794. The molecule has 0 spiro atoms. The van der Waals surface area contributed by atoms with Gasteiger partial charge in [0.15, 0.2) is 0 Å². The Labute approximate surface area is 107 Å². The fourth-order valence-corrected chi connectivity index (χ4v) is 2.54. The van der Waals surface area contributed by atoms with E-state index in [2.05, 4.69) is 24.4 Å². The van der Waals surface area contributed by atoms with Crippen molar-refractivity contribution < 1.29 is 9.53 Å². The summed E-state index contributed by atoms with van der Waals surface area (Å²) in [5, 5.41) is 3.26. The number of hydrogen-bond donors (Lipinski definition) is 1. The van der Waals surface area contributed by atoms with Crippen molar-refractivity contribution in [1.29, 1.82) is 0 Å². The highest BCUT2D eigenvalue weighted by Crippen LogP contribution is 2.17. The van der Waals surface area contributed by atoms with Gasteiger partial charge in [-0.25, -0.2) is 0 Å². The lowest BCUT2D eigenvalue weighted by Crippen LogP contribution is -2.41. The third-order valence-electron chi connectivity index (χ3n) is 2.68. The number of ether oxygens (including phenoxy) is 1. The fourth-order valence-electron chi connectivity index (χ4n) is 1.64. The molecule has 3 nitrogen and oxygen atoms in total. The lowest BCUT2D eigenvalue weighted by molar-refractivity contribution is -0.144. The number of aryl methyl sites for hydroxylation is 1. The highest BCUT2D eigenvalue weighted by molar-refractivity contribution is 7.11. The molecule has 0 fully saturated rings. The van der Waals surface area contributed by atoms with Crippen LogP contribution in [-0.2, 0) is 22.5 Å². The van der Waals surface area contributed by atoms with Crippen molar-refractivity contribution in [2.75, 3.05) is 7.11 Å². The Morgan fingerprint density at radius 2 is 2.06 bits per heavy atom. The molecule has 0 bridgehead atoms. The van der Waals surface area contributed by atoms with E-state index in [9.17, 15) is 4.79 Å². The lowest BCUT2D eigenvalue weighted by atomic mass is 10.0. The molecule has 0 radical (unpaired) electrons. The summed E-state index contributed by atoms with van der Waals surface area (Å²) in [6.45, 7) is 6.90. The van der Waals surface area contributed by atoms with Gasteiger partial charge in [0.25, 0.3) is 0 Å². The predicted molar refractivity (Wildman–Crippen MR) is 71.2 cm³/mol. The first-order valence-electron chi connectivity index (χ1n) is 5.97. The summed E-state index contributed by atoms with van der Waals surface area (Å²) < 4.78 is 4.79. The molecule has 0 aliphatic rings. The third kappa shape index (κ3) is 4.13. The van der Waals surface area contributed by atoms with E-state index in [1.807, 2.05) is 13.8 Å². The van der Waals surface area contributed by atoms with Crippen molar-refractivity contribution in [2.24, 2.45) is 5.92 Å². The van der Waals surface area contributed by atoms with Crippen molar-refractivity contribution in [3.63, 3.8) is 0 Å². The van der Waals surface area contributed by atoms with Crippen molar-refractivity contribution in [2.45, 2.75) is 39.8 Å². The second kappa shape index (κ2) is 6.77. The predicted octanol–water partition coefficient (Wildman–Crippen LogP) is 2.60. The van der Waals surface area contributed by atoms with Crippen molar-refractivity contribution >= 4 is 17.3 Å². The van der Waals surface area contributed by atoms with Crippen molar-refractivity contribution in [3.8, 4) is 0 Å². The summed E-state index contributed by atoms with van der Waals surface area (Å²) >= 11 is 1.79. The van der Waals surface area contributed by atoms with Crippen LogP contribution in [-0.4, -0.2) is 19.1 Å². The van der Waals surface area contributed by atoms with E-state index in [0.717, 1.165) is 13.0 Å². The normalized spacial score (nSPS) is 12.8. The smallest absolute Gasteiger partial charge is 0.323 e. The van der Waals surface area contributed by atoms with Crippen molar-refractivity contribution in [1.82, 2.24) is 5.32 Å². The van der Waals surface area contributed by atoms with Crippen molar-refractivity contribution in [3.05, 3.63) is 21.9 Å². The van der Waals surface area contributed by atoms with E-state index in [-0.39, 0.29) is 17.9 Å². The summed E-state index contributed by atoms with van der Waals surface area (Å²) in [5.41, 5.74) is 0. The van der Waals surface area contributed by atoms with E-state index in [1.54, 1.807) is 11.3 Å². The largest absolute Gasteiger partial charge is 0.468 e. The molecule has 1 atom stereocenters. The van der Waals surface area contributed by atoms with Gasteiger partial charge in [-0.1, -0.05) is 20.8 Å². The minimum atomic E-state index is -0.229. The number of esters is 1. The van der Waals surface area contributed by atoms with Gasteiger partial charge in [0, 0.05) is 16.3 Å². The van der Waals surface area contributed by atoms with Crippen LogP contribution in [0.1, 0.15) is 30.5 Å². The van der Waals surface area contributed by atoms with Crippen LogP contribution < -0.4 is 5.32 Å². The Hall–Kier alpha value is -0.870. The van der Waals surface area contributed by atoms with Gasteiger partial charge in [-0.15, -0.1) is 11.3 Å². The molecule has 1 aromatic heterocycles. The lowest BCUT2D eigenvalue weighted by Gasteiger charge is -2.19. The van der Waals surface area contributed by atoms with E-state index in [0.29, 0.717) is 0 Å². The standard InChI is InChI=1S/C13H21NO2S/c1-5-10-6-7-11(17-10)8-14-12(9(2)3)13(15)16-4/h6-7,9,12,14H,5,8H2,1-4H3/t12-/m1/s1. The molecule has 0 aromatic carbocycles. The van der Waals surface area contributed by atoms with Crippen LogP contribution in [0.3, 0.4) is 0 Å². The number of rotatable bonds is 6. The van der Waals surface area contributed by atoms with Crippen LogP contribution in [0.25, 0.3) is 0 Å². The zero-order valence-corrected chi connectivity index (χ0v) is 11.8. The second-order valence-electron chi connectivity index (χ2n) is 4.35. The van der Waals surface area contributed by atoms with Crippen LogP contribution in [0.2, 0.25) is 0 Å². The number of hydrogen-bond acceptors (Lipinski definition) is 4. The third-order valence-corrected chi connectivity index (χ3v) is 3.91. The first-order valence-corrected chi connectivity index (χ1v) is 6.79. The molecule has 4 heteroatoms. The van der Waals surface area contributed by atoms with Gasteiger partial charge < -0.3 is 4.74 Å². The van der Waals surface area contributed by atoms with Crippen LogP contribution in [0.15, 0.2) is 12.1 Å². The maximum Gasteiger partial charge on any atom is 0.323 e. The topological polar surface area (TPSA) is 38.3 Å². The number of carbonyl (C=O) groups excluding carboxylic acids is 1. The van der Waals surface area contributed by atoms with Crippen LogP contribution >= 0.6 is 11.3 Å². The summed E-state index contributed by atoms with van der Waals surface area (Å²) in [6.07, 6.45) is 1.06. The van der Waals surface area contributed by atoms with E-state index in [1.165, 1.54) is 16.9 Å². The molecule has 17 heavy (non-hydrogen) atoms. The highest BCUT2D eigenvalue weighted by atomic mass is 32.1. The summed E-state index contributed by atoms with van der Waals surface area (Å²) in [5.74, 6) is 0.0420. The molecular weight excluding hydrogens is 234 g/mol. The van der Waals surface area contributed by atoms with Crippen LogP contribution in [0.5, 0.6) is 0 Å². The zero-order chi connectivity index (χ0) is 12.8. The van der Waals surface area contributed by atoms with E-state index < -0.39 is 0 Å². The van der Waals surface area contributed by atoms with Gasteiger partial charge in [-0.05, 0) is 24.5 Å². The Morgan fingerprint density at radius 3 is 2.53 bits per heavy atom. The van der Waals surface area contributed by atoms with Gasteiger partial charge in [0.2, 0.25) is 0 Å². The maximum absolute atomic E-state index is 11.6. The molecular formula is C13H21NO2S. The number of methoxy groups -OCH3 is 1. The van der Waals surface area contributed by atoms with E-state index in [4.69, 9.17) is 4.74 Å². The molecule has 1 N–H and O–H groups in total. The molecule has 0 amide bonds. The number of carbonyl (C=O) groups is 1. The summed E-state index contributed by atoms with van der Waals surface area (Å²) in [4.78, 5) is 14.2. The molecule has 1 rings (SSSR count). The first-order chi connectivity index (χ1) is 8.08. The zero-order valence-electron chi connectivity index (χ0n) is 10.9. The van der Waals surface area contributed by atoms with Gasteiger partial charge in [0.1, 0.15) is 6.04 Å². The number of nitrogens with one attached hydrogen (secondary N) is 1. The molecule has 1 aromatic rings. The fraction of sp³-hybridized carbons (Fsp3) is 0.615. The van der Waals surface area contributed by atoms with Gasteiger partial charge in [-0.3, -0.25) is 10.1 Å². The Bertz CT molecular complexity index is 360. The Balaban J connectivity index is 2.54. The minimum Gasteiger partial charge on any atom is -0.468 e. The molecule has 0 aliphatic carbocycles. The molecule has 1 heterocycles. The van der Waals surface area contributed by atoms with Crippen LogP contribution in [0, 0.1) is 5.92 Å². The van der Waals surface area contributed by atoms with Gasteiger partial charge in [-0.2, -0.15) is 0 Å². The Morgan fingerprint density at radius 1 is 1.41 bits per heavy atom.